The lowest BCUT2D eigenvalue weighted by molar-refractivity contribution is 0.0799. The fourth-order valence-electron chi connectivity index (χ4n) is 1.02. The fourth-order valence-corrected chi connectivity index (χ4v) is 1.02. The van der Waals surface area contributed by atoms with E-state index in [0.29, 0.717) is 5.56 Å². The molecule has 0 amide bonds. The minimum absolute atomic E-state index is 0.0342. The van der Waals surface area contributed by atoms with Crippen LogP contribution >= 0.6 is 0 Å². The van der Waals surface area contributed by atoms with Crippen LogP contribution in [0.5, 0.6) is 0 Å². The molecule has 1 aromatic carbocycles. The lowest BCUT2D eigenvalue weighted by atomic mass is 10.1. The third-order valence-electron chi connectivity index (χ3n) is 1.70. The molecule has 0 heterocycles. The van der Waals surface area contributed by atoms with Crippen molar-refractivity contribution >= 4 is 0 Å². The molecule has 1 aromatic rings. The summed E-state index contributed by atoms with van der Waals surface area (Å²) in [5, 5.41) is 8.44. The van der Waals surface area contributed by atoms with Gasteiger partial charge in [0.25, 0.3) is 0 Å². The molecule has 0 aromatic heterocycles. The molecule has 0 atom stereocenters. The summed E-state index contributed by atoms with van der Waals surface area (Å²) in [4.78, 5) is 0. The number of ether oxygens (including phenoxy) is 1. The van der Waals surface area contributed by atoms with Gasteiger partial charge in [-0.25, -0.2) is 4.39 Å². The van der Waals surface area contributed by atoms with Crippen molar-refractivity contribution in [3.05, 3.63) is 35.1 Å². The molecule has 0 aliphatic heterocycles. The number of rotatable bonds is 4. The second kappa shape index (κ2) is 4.94. The second-order valence-corrected chi connectivity index (χ2v) is 2.87. The van der Waals surface area contributed by atoms with Gasteiger partial charge in [0, 0.05) is 5.56 Å². The first-order valence-corrected chi connectivity index (χ1v) is 4.17. The van der Waals surface area contributed by atoms with Crippen molar-refractivity contribution in [3.63, 3.8) is 0 Å². The maximum atomic E-state index is 13.1. The molecule has 0 bridgehead atoms. The molecule has 13 heavy (non-hydrogen) atoms. The third kappa shape index (κ3) is 3.13. The Hall–Kier alpha value is -0.930. The lowest BCUT2D eigenvalue weighted by Crippen LogP contribution is -2.01. The number of benzene rings is 1. The molecule has 3 heteroatoms. The molecule has 0 radical (unpaired) electrons. The van der Waals surface area contributed by atoms with Gasteiger partial charge in [0.05, 0.1) is 19.8 Å². The van der Waals surface area contributed by atoms with E-state index >= 15 is 0 Å². The predicted molar refractivity (Wildman–Crippen MR) is 47.9 cm³/mol. The summed E-state index contributed by atoms with van der Waals surface area (Å²) in [6, 6.07) is 5.00. The lowest BCUT2D eigenvalue weighted by Gasteiger charge is -2.04. The van der Waals surface area contributed by atoms with Crippen molar-refractivity contribution in [2.75, 3.05) is 13.2 Å². The van der Waals surface area contributed by atoms with Crippen LogP contribution in [0.15, 0.2) is 18.2 Å². The van der Waals surface area contributed by atoms with Gasteiger partial charge in [-0.05, 0) is 18.6 Å². The Morgan fingerprint density at radius 2 is 2.23 bits per heavy atom. The van der Waals surface area contributed by atoms with Crippen molar-refractivity contribution in [2.45, 2.75) is 13.5 Å². The van der Waals surface area contributed by atoms with Gasteiger partial charge in [-0.2, -0.15) is 0 Å². The first-order chi connectivity index (χ1) is 6.24. The monoisotopic (exact) mass is 184 g/mol. The zero-order chi connectivity index (χ0) is 9.68. The Labute approximate surface area is 77.0 Å². The summed E-state index contributed by atoms with van der Waals surface area (Å²) in [5.74, 6) is -0.252. The van der Waals surface area contributed by atoms with E-state index in [9.17, 15) is 4.39 Å². The van der Waals surface area contributed by atoms with E-state index in [2.05, 4.69) is 0 Å². The summed E-state index contributed by atoms with van der Waals surface area (Å²) in [6.45, 7) is 2.26. The molecule has 0 spiro atoms. The van der Waals surface area contributed by atoms with Gasteiger partial charge in [0.2, 0.25) is 0 Å². The van der Waals surface area contributed by atoms with Crippen LogP contribution in [0.4, 0.5) is 4.39 Å². The molecule has 1 rings (SSSR count). The van der Waals surface area contributed by atoms with Crippen LogP contribution in [0.2, 0.25) is 0 Å². The van der Waals surface area contributed by atoms with Gasteiger partial charge < -0.3 is 9.84 Å². The Kier molecular flexibility index (Phi) is 3.86. The van der Waals surface area contributed by atoms with Crippen molar-refractivity contribution in [1.29, 1.82) is 0 Å². The van der Waals surface area contributed by atoms with Crippen molar-refractivity contribution in [3.8, 4) is 0 Å². The Bertz CT molecular complexity index is 274. The SMILES string of the molecule is Cc1ccc(COCCO)c(F)c1. The van der Waals surface area contributed by atoms with Crippen molar-refractivity contribution in [2.24, 2.45) is 0 Å². The first kappa shape index (κ1) is 10.2. The average molecular weight is 184 g/mol. The normalized spacial score (nSPS) is 10.4. The van der Waals surface area contributed by atoms with E-state index in [0.717, 1.165) is 5.56 Å². The number of aryl methyl sites for hydroxylation is 1. The highest BCUT2D eigenvalue weighted by atomic mass is 19.1. The molecule has 0 saturated carbocycles. The van der Waals surface area contributed by atoms with E-state index in [4.69, 9.17) is 9.84 Å². The Morgan fingerprint density at radius 3 is 2.85 bits per heavy atom. The van der Waals surface area contributed by atoms with Crippen LogP contribution in [-0.4, -0.2) is 18.3 Å². The molecular weight excluding hydrogens is 171 g/mol. The van der Waals surface area contributed by atoms with E-state index < -0.39 is 0 Å². The molecule has 72 valence electrons. The molecule has 1 N–H and O–H groups in total. The highest BCUT2D eigenvalue weighted by molar-refractivity contribution is 5.22. The second-order valence-electron chi connectivity index (χ2n) is 2.87. The number of halogens is 1. The highest BCUT2D eigenvalue weighted by Crippen LogP contribution is 2.10. The average Bonchev–Trinajstić information content (AvgIpc) is 2.09. The Balaban J connectivity index is 2.56. The topological polar surface area (TPSA) is 29.5 Å². The van der Waals surface area contributed by atoms with Gasteiger partial charge in [0.1, 0.15) is 5.82 Å². The standard InChI is InChI=1S/C10H13FO2/c1-8-2-3-9(10(11)6-8)7-13-5-4-12/h2-3,6,12H,4-5,7H2,1H3. The number of hydrogen-bond acceptors (Lipinski definition) is 2. The van der Waals surface area contributed by atoms with E-state index in [-0.39, 0.29) is 25.6 Å². The molecule has 0 saturated heterocycles. The van der Waals surface area contributed by atoms with Crippen molar-refractivity contribution in [1.82, 2.24) is 0 Å². The van der Waals surface area contributed by atoms with Crippen LogP contribution in [0.1, 0.15) is 11.1 Å². The Morgan fingerprint density at radius 1 is 1.46 bits per heavy atom. The molecule has 2 nitrogen and oxygen atoms in total. The smallest absolute Gasteiger partial charge is 0.128 e. The summed E-state index contributed by atoms with van der Waals surface area (Å²) in [7, 11) is 0. The van der Waals surface area contributed by atoms with Crippen LogP contribution in [-0.2, 0) is 11.3 Å². The summed E-state index contributed by atoms with van der Waals surface area (Å²) < 4.78 is 18.1. The fraction of sp³-hybridized carbons (Fsp3) is 0.400. The maximum Gasteiger partial charge on any atom is 0.128 e. The van der Waals surface area contributed by atoms with E-state index in [1.54, 1.807) is 6.07 Å². The third-order valence-corrected chi connectivity index (χ3v) is 1.70. The van der Waals surface area contributed by atoms with Gasteiger partial charge in [-0.1, -0.05) is 12.1 Å². The van der Waals surface area contributed by atoms with E-state index in [1.165, 1.54) is 6.07 Å². The van der Waals surface area contributed by atoms with Gasteiger partial charge in [-0.15, -0.1) is 0 Å². The number of aliphatic hydroxyl groups excluding tert-OH is 1. The van der Waals surface area contributed by atoms with Gasteiger partial charge in [-0.3, -0.25) is 0 Å². The predicted octanol–water partition coefficient (Wildman–Crippen LogP) is 1.64. The molecule has 0 fully saturated rings. The van der Waals surface area contributed by atoms with Crippen LogP contribution < -0.4 is 0 Å². The molecule has 0 aliphatic rings. The zero-order valence-electron chi connectivity index (χ0n) is 7.59. The summed E-state index contributed by atoms with van der Waals surface area (Å²) in [5.41, 5.74) is 1.42. The molecule has 0 unspecified atom stereocenters. The minimum Gasteiger partial charge on any atom is -0.394 e. The molecular formula is C10H13FO2. The van der Waals surface area contributed by atoms with Gasteiger partial charge >= 0.3 is 0 Å². The van der Waals surface area contributed by atoms with Crippen LogP contribution in [0.3, 0.4) is 0 Å². The summed E-state index contributed by atoms with van der Waals surface area (Å²) in [6.07, 6.45) is 0. The highest BCUT2D eigenvalue weighted by Gasteiger charge is 2.01. The van der Waals surface area contributed by atoms with Gasteiger partial charge in [0.15, 0.2) is 0 Å². The maximum absolute atomic E-state index is 13.1. The van der Waals surface area contributed by atoms with Crippen LogP contribution in [0.25, 0.3) is 0 Å². The minimum atomic E-state index is -0.252. The largest absolute Gasteiger partial charge is 0.394 e. The molecule has 0 aliphatic carbocycles. The zero-order valence-corrected chi connectivity index (χ0v) is 7.59. The van der Waals surface area contributed by atoms with Crippen molar-refractivity contribution < 1.29 is 14.2 Å². The van der Waals surface area contributed by atoms with Crippen LogP contribution in [0, 0.1) is 12.7 Å². The summed E-state index contributed by atoms with van der Waals surface area (Å²) >= 11 is 0. The quantitative estimate of drug-likeness (QED) is 0.721. The number of hydrogen-bond donors (Lipinski definition) is 1. The first-order valence-electron chi connectivity index (χ1n) is 4.17. The van der Waals surface area contributed by atoms with E-state index in [1.807, 2.05) is 13.0 Å². The number of aliphatic hydroxyl groups is 1.